The molecular formula is C17H19ClN2O. The van der Waals surface area contributed by atoms with Gasteiger partial charge in [0.2, 0.25) is 5.88 Å². The van der Waals surface area contributed by atoms with Gasteiger partial charge in [0, 0.05) is 29.4 Å². The van der Waals surface area contributed by atoms with Gasteiger partial charge in [-0.3, -0.25) is 0 Å². The highest BCUT2D eigenvalue weighted by atomic mass is 35.5. The highest BCUT2D eigenvalue weighted by Gasteiger charge is 2.20. The van der Waals surface area contributed by atoms with Crippen LogP contribution < -0.4 is 10.1 Å². The third-order valence-corrected chi connectivity index (χ3v) is 3.67. The van der Waals surface area contributed by atoms with E-state index in [0.717, 1.165) is 22.8 Å². The Morgan fingerprint density at radius 2 is 2.10 bits per heavy atom. The maximum Gasteiger partial charge on any atom is 0.214 e. The molecule has 1 aliphatic carbocycles. The van der Waals surface area contributed by atoms with E-state index in [1.54, 1.807) is 0 Å². The molecule has 0 unspecified atom stereocenters. The van der Waals surface area contributed by atoms with E-state index in [2.05, 4.69) is 16.4 Å². The van der Waals surface area contributed by atoms with Gasteiger partial charge in [0.05, 0.1) is 0 Å². The van der Waals surface area contributed by atoms with Crippen molar-refractivity contribution in [1.82, 2.24) is 10.3 Å². The molecule has 2 aromatic rings. The minimum absolute atomic E-state index is 0.479. The zero-order valence-corrected chi connectivity index (χ0v) is 12.9. The molecule has 0 amide bonds. The number of aryl methyl sites for hydroxylation is 1. The molecule has 3 nitrogen and oxygen atoms in total. The molecule has 0 saturated heterocycles. The fourth-order valence-corrected chi connectivity index (χ4v) is 2.43. The van der Waals surface area contributed by atoms with E-state index in [0.29, 0.717) is 18.5 Å². The highest BCUT2D eigenvalue weighted by molar-refractivity contribution is 6.30. The van der Waals surface area contributed by atoms with Crippen LogP contribution in [0.15, 0.2) is 36.4 Å². The SMILES string of the molecule is Cc1cc(CNC2CC2)cc(OCc2cccc(Cl)c2)n1. The van der Waals surface area contributed by atoms with Gasteiger partial charge in [0.25, 0.3) is 0 Å². The van der Waals surface area contributed by atoms with Crippen molar-refractivity contribution in [3.05, 3.63) is 58.2 Å². The molecule has 110 valence electrons. The van der Waals surface area contributed by atoms with Gasteiger partial charge in [0.1, 0.15) is 6.61 Å². The number of nitrogens with zero attached hydrogens (tertiary/aromatic N) is 1. The summed E-state index contributed by atoms with van der Waals surface area (Å²) in [5.41, 5.74) is 3.24. The lowest BCUT2D eigenvalue weighted by Crippen LogP contribution is -2.15. The molecule has 1 heterocycles. The number of hydrogen-bond acceptors (Lipinski definition) is 3. The summed E-state index contributed by atoms with van der Waals surface area (Å²) < 4.78 is 5.79. The van der Waals surface area contributed by atoms with E-state index < -0.39 is 0 Å². The van der Waals surface area contributed by atoms with Gasteiger partial charge in [0.15, 0.2) is 0 Å². The number of ether oxygens (including phenoxy) is 1. The zero-order chi connectivity index (χ0) is 14.7. The Bertz CT molecular complexity index is 626. The summed E-state index contributed by atoms with van der Waals surface area (Å²) in [6, 6.07) is 12.5. The maximum absolute atomic E-state index is 5.97. The first kappa shape index (κ1) is 14.4. The van der Waals surface area contributed by atoms with Gasteiger partial charge in [-0.15, -0.1) is 0 Å². The van der Waals surface area contributed by atoms with Crippen LogP contribution in [-0.4, -0.2) is 11.0 Å². The van der Waals surface area contributed by atoms with E-state index in [4.69, 9.17) is 16.3 Å². The van der Waals surface area contributed by atoms with Crippen LogP contribution in [0.1, 0.15) is 29.7 Å². The van der Waals surface area contributed by atoms with Crippen LogP contribution in [0.25, 0.3) is 0 Å². The van der Waals surface area contributed by atoms with Crippen LogP contribution in [0.5, 0.6) is 5.88 Å². The predicted molar refractivity (Wildman–Crippen MR) is 84.6 cm³/mol. The topological polar surface area (TPSA) is 34.1 Å². The fourth-order valence-electron chi connectivity index (χ4n) is 2.22. The minimum Gasteiger partial charge on any atom is -0.473 e. The van der Waals surface area contributed by atoms with Crippen molar-refractivity contribution in [3.8, 4) is 5.88 Å². The summed E-state index contributed by atoms with van der Waals surface area (Å²) in [6.07, 6.45) is 2.59. The van der Waals surface area contributed by atoms with Crippen molar-refractivity contribution >= 4 is 11.6 Å². The lowest BCUT2D eigenvalue weighted by atomic mass is 10.2. The van der Waals surface area contributed by atoms with Crippen molar-refractivity contribution in [2.45, 2.75) is 39.0 Å². The van der Waals surface area contributed by atoms with E-state index in [1.807, 2.05) is 37.3 Å². The van der Waals surface area contributed by atoms with Crippen molar-refractivity contribution in [2.24, 2.45) is 0 Å². The Kier molecular flexibility index (Phi) is 4.42. The third-order valence-electron chi connectivity index (χ3n) is 3.44. The summed E-state index contributed by atoms with van der Waals surface area (Å²) >= 11 is 5.97. The molecule has 3 rings (SSSR count). The van der Waals surface area contributed by atoms with Gasteiger partial charge >= 0.3 is 0 Å². The molecule has 0 aliphatic heterocycles. The molecule has 0 spiro atoms. The van der Waals surface area contributed by atoms with Gasteiger partial charge in [-0.2, -0.15) is 0 Å². The van der Waals surface area contributed by atoms with E-state index in [1.165, 1.54) is 18.4 Å². The van der Waals surface area contributed by atoms with Gasteiger partial charge in [-0.25, -0.2) is 4.98 Å². The van der Waals surface area contributed by atoms with Crippen LogP contribution in [0.3, 0.4) is 0 Å². The molecule has 0 bridgehead atoms. The summed E-state index contributed by atoms with van der Waals surface area (Å²) in [7, 11) is 0. The van der Waals surface area contributed by atoms with Gasteiger partial charge in [-0.1, -0.05) is 23.7 Å². The standard InChI is InChI=1S/C17H19ClN2O/c1-12-7-14(10-19-16-5-6-16)9-17(20-12)21-11-13-3-2-4-15(18)8-13/h2-4,7-9,16,19H,5-6,10-11H2,1H3. The third kappa shape index (κ3) is 4.45. The lowest BCUT2D eigenvalue weighted by molar-refractivity contribution is 0.293. The first-order chi connectivity index (χ1) is 10.2. The maximum atomic E-state index is 5.97. The average Bonchev–Trinajstić information content (AvgIpc) is 3.27. The van der Waals surface area contributed by atoms with Crippen LogP contribution in [-0.2, 0) is 13.2 Å². The number of pyridine rings is 1. The summed E-state index contributed by atoms with van der Waals surface area (Å²) in [5.74, 6) is 0.669. The Morgan fingerprint density at radius 3 is 2.86 bits per heavy atom. The molecule has 4 heteroatoms. The first-order valence-electron chi connectivity index (χ1n) is 7.27. The van der Waals surface area contributed by atoms with Crippen molar-refractivity contribution in [2.75, 3.05) is 0 Å². The first-order valence-corrected chi connectivity index (χ1v) is 7.65. The number of nitrogens with one attached hydrogen (secondary N) is 1. The van der Waals surface area contributed by atoms with Crippen LogP contribution >= 0.6 is 11.6 Å². The molecule has 1 saturated carbocycles. The van der Waals surface area contributed by atoms with Gasteiger partial charge < -0.3 is 10.1 Å². The second-order valence-corrected chi connectivity index (χ2v) is 5.97. The molecule has 21 heavy (non-hydrogen) atoms. The number of benzene rings is 1. The monoisotopic (exact) mass is 302 g/mol. The molecule has 1 N–H and O–H groups in total. The van der Waals surface area contributed by atoms with E-state index in [-0.39, 0.29) is 0 Å². The molecule has 1 aromatic carbocycles. The second kappa shape index (κ2) is 6.46. The molecule has 1 aliphatic rings. The van der Waals surface area contributed by atoms with Crippen molar-refractivity contribution < 1.29 is 4.74 Å². The summed E-state index contributed by atoms with van der Waals surface area (Å²) in [4.78, 5) is 4.43. The van der Waals surface area contributed by atoms with Crippen LogP contribution in [0.4, 0.5) is 0 Å². The van der Waals surface area contributed by atoms with E-state index >= 15 is 0 Å². The molecular weight excluding hydrogens is 284 g/mol. The Morgan fingerprint density at radius 1 is 1.24 bits per heavy atom. The average molecular weight is 303 g/mol. The predicted octanol–water partition coefficient (Wildman–Crippen LogP) is 3.87. The Hall–Kier alpha value is -1.58. The number of halogens is 1. The van der Waals surface area contributed by atoms with Crippen molar-refractivity contribution in [1.29, 1.82) is 0 Å². The normalized spacial score (nSPS) is 14.2. The number of rotatable bonds is 6. The number of aromatic nitrogens is 1. The molecule has 1 aromatic heterocycles. The highest BCUT2D eigenvalue weighted by Crippen LogP contribution is 2.20. The van der Waals surface area contributed by atoms with E-state index in [9.17, 15) is 0 Å². The minimum atomic E-state index is 0.479. The van der Waals surface area contributed by atoms with Gasteiger partial charge in [-0.05, 0) is 49.1 Å². The second-order valence-electron chi connectivity index (χ2n) is 5.53. The lowest BCUT2D eigenvalue weighted by Gasteiger charge is -2.09. The number of hydrogen-bond donors (Lipinski definition) is 1. The smallest absolute Gasteiger partial charge is 0.214 e. The quantitative estimate of drug-likeness (QED) is 0.879. The van der Waals surface area contributed by atoms with Crippen molar-refractivity contribution in [3.63, 3.8) is 0 Å². The zero-order valence-electron chi connectivity index (χ0n) is 12.1. The molecule has 0 radical (unpaired) electrons. The summed E-state index contributed by atoms with van der Waals surface area (Å²) in [5, 5.41) is 4.23. The fraction of sp³-hybridized carbons (Fsp3) is 0.353. The largest absolute Gasteiger partial charge is 0.473 e. The Balaban J connectivity index is 1.63. The molecule has 1 fully saturated rings. The Labute approximate surface area is 130 Å². The van der Waals surface area contributed by atoms with Crippen LogP contribution in [0.2, 0.25) is 5.02 Å². The van der Waals surface area contributed by atoms with Crippen LogP contribution in [0, 0.1) is 6.92 Å². The summed E-state index contributed by atoms with van der Waals surface area (Å²) in [6.45, 7) is 3.35. The molecule has 0 atom stereocenters.